The van der Waals surface area contributed by atoms with Gasteiger partial charge in [0.2, 0.25) is 5.91 Å². The van der Waals surface area contributed by atoms with Gasteiger partial charge in [-0.25, -0.2) is 4.98 Å². The normalized spacial score (nSPS) is 19.7. The Labute approximate surface area is 170 Å². The number of carbonyl (C=O) groups is 1. The highest BCUT2D eigenvalue weighted by molar-refractivity contribution is 5.79. The first-order valence-electron chi connectivity index (χ1n) is 10.2. The van der Waals surface area contributed by atoms with Crippen LogP contribution in [0.1, 0.15) is 41.4 Å². The van der Waals surface area contributed by atoms with E-state index >= 15 is 0 Å². The van der Waals surface area contributed by atoms with Crippen LogP contribution >= 0.6 is 0 Å². The van der Waals surface area contributed by atoms with Gasteiger partial charge in [0.1, 0.15) is 11.6 Å². The number of hydrogen-bond donors (Lipinski definition) is 1. The molecule has 0 bridgehead atoms. The molecule has 2 aliphatic heterocycles. The highest BCUT2D eigenvalue weighted by atomic mass is 16.5. The summed E-state index contributed by atoms with van der Waals surface area (Å²) in [5.74, 6) is 1.67. The van der Waals surface area contributed by atoms with Gasteiger partial charge < -0.3 is 19.5 Å². The molecule has 1 amide bonds. The first-order valence-corrected chi connectivity index (χ1v) is 10.2. The van der Waals surface area contributed by atoms with Crippen molar-refractivity contribution in [2.75, 3.05) is 33.8 Å². The van der Waals surface area contributed by atoms with Crippen molar-refractivity contribution in [3.63, 3.8) is 0 Å². The zero-order valence-corrected chi connectivity index (χ0v) is 17.1. The third kappa shape index (κ3) is 4.34. The fraction of sp³-hybridized carbons (Fsp3) is 0.500. The number of likely N-dealkylation sites (N-methyl/N-ethyl adjacent to an activating group) is 1. The Balaban J connectivity index is 1.47. The van der Waals surface area contributed by atoms with Gasteiger partial charge in [0.05, 0.1) is 24.8 Å². The van der Waals surface area contributed by atoms with Crippen LogP contribution in [0.25, 0.3) is 0 Å². The standard InChI is InChI=1S/C22H28N4O3/c1-25-10-8-19-18(14-25)22(28)24-21(23-19)16-6-4-9-26(13-16)20(27)12-15-5-3-7-17(11-15)29-2/h3,5,7,11,16H,4,6,8-10,12-14H2,1-2H3,(H,23,24,28)/t16-/m1/s1. The number of H-pyrrole nitrogens is 1. The predicted molar refractivity (Wildman–Crippen MR) is 110 cm³/mol. The average Bonchev–Trinajstić information content (AvgIpc) is 2.74. The number of hydrogen-bond acceptors (Lipinski definition) is 5. The minimum Gasteiger partial charge on any atom is -0.497 e. The van der Waals surface area contributed by atoms with E-state index in [4.69, 9.17) is 9.72 Å². The third-order valence-electron chi connectivity index (χ3n) is 5.93. The van der Waals surface area contributed by atoms with Gasteiger partial charge in [0, 0.05) is 38.5 Å². The van der Waals surface area contributed by atoms with Crippen molar-refractivity contribution in [3.8, 4) is 5.75 Å². The molecule has 1 aromatic carbocycles. The molecule has 1 fully saturated rings. The van der Waals surface area contributed by atoms with Gasteiger partial charge in [-0.2, -0.15) is 0 Å². The van der Waals surface area contributed by atoms with Crippen LogP contribution in [0.4, 0.5) is 0 Å². The number of ether oxygens (including phenoxy) is 1. The summed E-state index contributed by atoms with van der Waals surface area (Å²) in [5.41, 5.74) is 2.61. The van der Waals surface area contributed by atoms with Gasteiger partial charge in [-0.1, -0.05) is 12.1 Å². The van der Waals surface area contributed by atoms with Crippen LogP contribution in [-0.4, -0.2) is 59.5 Å². The lowest BCUT2D eigenvalue weighted by Gasteiger charge is -2.33. The van der Waals surface area contributed by atoms with E-state index in [0.717, 1.165) is 60.7 Å². The fourth-order valence-electron chi connectivity index (χ4n) is 4.27. The molecule has 29 heavy (non-hydrogen) atoms. The maximum absolute atomic E-state index is 12.9. The summed E-state index contributed by atoms with van der Waals surface area (Å²) in [6.45, 7) is 2.91. The first kappa shape index (κ1) is 19.6. The minimum absolute atomic E-state index is 0.0311. The van der Waals surface area contributed by atoms with E-state index in [9.17, 15) is 9.59 Å². The van der Waals surface area contributed by atoms with Gasteiger partial charge in [-0.05, 0) is 37.6 Å². The lowest BCUT2D eigenvalue weighted by Crippen LogP contribution is -2.41. The van der Waals surface area contributed by atoms with Gasteiger partial charge >= 0.3 is 0 Å². The molecular formula is C22H28N4O3. The smallest absolute Gasteiger partial charge is 0.255 e. The Morgan fingerprint density at radius 1 is 1.34 bits per heavy atom. The number of amides is 1. The maximum atomic E-state index is 12.9. The zero-order chi connectivity index (χ0) is 20.4. The Kier molecular flexibility index (Phi) is 5.67. The molecule has 4 rings (SSSR count). The molecule has 7 heteroatoms. The Morgan fingerprint density at radius 2 is 2.21 bits per heavy atom. The second kappa shape index (κ2) is 8.37. The lowest BCUT2D eigenvalue weighted by molar-refractivity contribution is -0.131. The van der Waals surface area contributed by atoms with E-state index in [1.54, 1.807) is 7.11 Å². The molecule has 2 aliphatic rings. The molecule has 1 saturated heterocycles. The highest BCUT2D eigenvalue weighted by Gasteiger charge is 2.28. The zero-order valence-electron chi connectivity index (χ0n) is 17.1. The SMILES string of the molecule is COc1cccc(CC(=O)N2CCC[C@@H](c3nc4c(c(=O)[nH]3)CN(C)CC4)C2)c1. The summed E-state index contributed by atoms with van der Waals surface area (Å²) in [4.78, 5) is 37.3. The summed E-state index contributed by atoms with van der Waals surface area (Å²) >= 11 is 0. The van der Waals surface area contributed by atoms with E-state index in [2.05, 4.69) is 9.88 Å². The van der Waals surface area contributed by atoms with E-state index in [0.29, 0.717) is 19.5 Å². The Bertz CT molecular complexity index is 955. The maximum Gasteiger partial charge on any atom is 0.255 e. The summed E-state index contributed by atoms with van der Waals surface area (Å²) in [7, 11) is 3.64. The van der Waals surface area contributed by atoms with Crippen LogP contribution in [0.2, 0.25) is 0 Å². The number of methoxy groups -OCH3 is 1. The van der Waals surface area contributed by atoms with Gasteiger partial charge in [-0.3, -0.25) is 9.59 Å². The number of likely N-dealkylation sites (tertiary alicyclic amines) is 1. The van der Waals surface area contributed by atoms with E-state index in [1.165, 1.54) is 0 Å². The molecule has 1 N–H and O–H groups in total. The summed E-state index contributed by atoms with van der Waals surface area (Å²) in [6, 6.07) is 7.63. The molecule has 1 aromatic heterocycles. The molecule has 7 nitrogen and oxygen atoms in total. The van der Waals surface area contributed by atoms with Crippen molar-refractivity contribution in [1.29, 1.82) is 0 Å². The Morgan fingerprint density at radius 3 is 3.03 bits per heavy atom. The molecular weight excluding hydrogens is 368 g/mol. The van der Waals surface area contributed by atoms with Crippen molar-refractivity contribution in [2.45, 2.75) is 38.1 Å². The topological polar surface area (TPSA) is 78.5 Å². The minimum atomic E-state index is -0.0311. The average molecular weight is 396 g/mol. The van der Waals surface area contributed by atoms with Crippen LogP contribution in [0.3, 0.4) is 0 Å². The number of aromatic amines is 1. The molecule has 1 atom stereocenters. The van der Waals surface area contributed by atoms with Crippen molar-refractivity contribution < 1.29 is 9.53 Å². The van der Waals surface area contributed by atoms with Gasteiger partial charge in [0.25, 0.3) is 5.56 Å². The van der Waals surface area contributed by atoms with E-state index < -0.39 is 0 Å². The third-order valence-corrected chi connectivity index (χ3v) is 5.93. The molecule has 0 radical (unpaired) electrons. The second-order valence-corrected chi connectivity index (χ2v) is 8.07. The van der Waals surface area contributed by atoms with E-state index in [1.807, 2.05) is 36.2 Å². The highest BCUT2D eigenvalue weighted by Crippen LogP contribution is 2.26. The number of benzene rings is 1. The number of aromatic nitrogens is 2. The fourth-order valence-corrected chi connectivity index (χ4v) is 4.27. The number of nitrogens with one attached hydrogen (secondary N) is 1. The quantitative estimate of drug-likeness (QED) is 0.851. The summed E-state index contributed by atoms with van der Waals surface area (Å²) in [6.07, 6.45) is 3.00. The molecule has 0 spiro atoms. The van der Waals surface area contributed by atoms with Crippen molar-refractivity contribution in [2.24, 2.45) is 0 Å². The summed E-state index contributed by atoms with van der Waals surface area (Å²) in [5, 5.41) is 0. The number of nitrogens with zero attached hydrogens (tertiary/aromatic N) is 3. The molecule has 0 saturated carbocycles. The van der Waals surface area contributed by atoms with Crippen molar-refractivity contribution in [3.05, 3.63) is 57.3 Å². The van der Waals surface area contributed by atoms with E-state index in [-0.39, 0.29) is 17.4 Å². The molecule has 0 aliphatic carbocycles. The Hall–Kier alpha value is -2.67. The molecule has 3 heterocycles. The van der Waals surface area contributed by atoms with Crippen LogP contribution in [-0.2, 0) is 24.2 Å². The second-order valence-electron chi connectivity index (χ2n) is 8.07. The number of fused-ring (bicyclic) bond motifs is 1. The van der Waals surface area contributed by atoms with Crippen LogP contribution < -0.4 is 10.3 Å². The van der Waals surface area contributed by atoms with Crippen LogP contribution in [0.5, 0.6) is 5.75 Å². The van der Waals surface area contributed by atoms with Crippen LogP contribution in [0.15, 0.2) is 29.1 Å². The molecule has 2 aromatic rings. The monoisotopic (exact) mass is 396 g/mol. The number of carbonyl (C=O) groups excluding carboxylic acids is 1. The first-order chi connectivity index (χ1) is 14.0. The lowest BCUT2D eigenvalue weighted by atomic mass is 9.95. The molecule has 154 valence electrons. The van der Waals surface area contributed by atoms with Gasteiger partial charge in [-0.15, -0.1) is 0 Å². The van der Waals surface area contributed by atoms with Crippen molar-refractivity contribution >= 4 is 5.91 Å². The summed E-state index contributed by atoms with van der Waals surface area (Å²) < 4.78 is 5.25. The number of piperidine rings is 1. The number of rotatable bonds is 4. The predicted octanol–water partition coefficient (Wildman–Crippen LogP) is 1.72. The van der Waals surface area contributed by atoms with Crippen molar-refractivity contribution in [1.82, 2.24) is 19.8 Å². The van der Waals surface area contributed by atoms with Crippen LogP contribution in [0, 0.1) is 0 Å². The largest absolute Gasteiger partial charge is 0.497 e. The van der Waals surface area contributed by atoms with Gasteiger partial charge in [0.15, 0.2) is 0 Å². The molecule has 0 unspecified atom stereocenters.